The van der Waals surface area contributed by atoms with E-state index in [1.807, 2.05) is 0 Å². The Kier molecular flexibility index (Phi) is 9.97. The highest BCUT2D eigenvalue weighted by atomic mass is 15.0. The van der Waals surface area contributed by atoms with Crippen molar-refractivity contribution in [2.24, 2.45) is 0 Å². The minimum atomic E-state index is 1.11. The van der Waals surface area contributed by atoms with Crippen molar-refractivity contribution in [3.8, 4) is 94.7 Å². The SMILES string of the molecule is c1ccc(-c2cc(-c3ccccc3)cc(-n3cc(-c4ccc(-c5ccccc5)cc4-c4ccccc4)c4cc(-c5ccc(-c6ccccc6)cc5-c5ccccc5)ccc43)c2)cc1. The van der Waals surface area contributed by atoms with Crippen LogP contribution in [0.4, 0.5) is 0 Å². The number of fused-ring (bicyclic) bond motifs is 1. The molecule has 0 atom stereocenters. The lowest BCUT2D eigenvalue weighted by Gasteiger charge is -2.15. The number of hydrogen-bond acceptors (Lipinski definition) is 0. The molecule has 63 heavy (non-hydrogen) atoms. The molecule has 0 aliphatic rings. The maximum atomic E-state index is 2.42. The number of nitrogens with zero attached hydrogens (tertiary/aromatic N) is 1. The zero-order valence-corrected chi connectivity index (χ0v) is 34.8. The van der Waals surface area contributed by atoms with Crippen LogP contribution < -0.4 is 0 Å². The first kappa shape index (κ1) is 37.7. The van der Waals surface area contributed by atoms with Crippen LogP contribution in [-0.2, 0) is 0 Å². The fourth-order valence-electron chi connectivity index (χ4n) is 9.08. The summed E-state index contributed by atoms with van der Waals surface area (Å²) in [4.78, 5) is 0. The van der Waals surface area contributed by atoms with Crippen LogP contribution in [-0.4, -0.2) is 4.57 Å². The maximum absolute atomic E-state index is 2.42. The molecule has 0 N–H and O–H groups in total. The van der Waals surface area contributed by atoms with Crippen LogP contribution in [0, 0.1) is 0 Å². The van der Waals surface area contributed by atoms with Gasteiger partial charge in [0.1, 0.15) is 0 Å². The van der Waals surface area contributed by atoms with Crippen molar-refractivity contribution >= 4 is 10.9 Å². The Balaban J connectivity index is 1.18. The molecule has 0 unspecified atom stereocenters. The molecule has 1 aromatic heterocycles. The van der Waals surface area contributed by atoms with Gasteiger partial charge in [-0.05, 0) is 126 Å². The van der Waals surface area contributed by atoms with Gasteiger partial charge >= 0.3 is 0 Å². The first-order chi connectivity index (χ1) is 31.2. The quantitative estimate of drug-likeness (QED) is 0.137. The van der Waals surface area contributed by atoms with E-state index in [1.54, 1.807) is 0 Å². The van der Waals surface area contributed by atoms with Gasteiger partial charge in [0.15, 0.2) is 0 Å². The first-order valence-electron chi connectivity index (χ1n) is 21.7. The first-order valence-corrected chi connectivity index (χ1v) is 21.7. The number of rotatable bonds is 9. The summed E-state index contributed by atoms with van der Waals surface area (Å²) < 4.78 is 2.41. The molecule has 0 saturated heterocycles. The Labute approximate surface area is 369 Å². The van der Waals surface area contributed by atoms with Crippen molar-refractivity contribution in [2.75, 3.05) is 0 Å². The van der Waals surface area contributed by atoms with Crippen LogP contribution in [0.15, 0.2) is 261 Å². The number of aromatic nitrogens is 1. The van der Waals surface area contributed by atoms with Gasteiger partial charge < -0.3 is 4.57 Å². The van der Waals surface area contributed by atoms with E-state index in [9.17, 15) is 0 Å². The van der Waals surface area contributed by atoms with Gasteiger partial charge in [-0.15, -0.1) is 0 Å². The van der Waals surface area contributed by atoms with E-state index in [0.717, 1.165) is 11.2 Å². The van der Waals surface area contributed by atoms with Gasteiger partial charge in [-0.3, -0.25) is 0 Å². The van der Waals surface area contributed by atoms with Gasteiger partial charge in [-0.1, -0.05) is 212 Å². The van der Waals surface area contributed by atoms with Crippen LogP contribution in [0.3, 0.4) is 0 Å². The lowest BCUT2D eigenvalue weighted by atomic mass is 9.89. The smallest absolute Gasteiger partial charge is 0.0535 e. The minimum Gasteiger partial charge on any atom is -0.316 e. The van der Waals surface area contributed by atoms with Crippen molar-refractivity contribution < 1.29 is 0 Å². The number of benzene rings is 10. The molecule has 11 rings (SSSR count). The highest BCUT2D eigenvalue weighted by Crippen LogP contribution is 2.44. The summed E-state index contributed by atoms with van der Waals surface area (Å²) in [5.41, 5.74) is 21.3. The highest BCUT2D eigenvalue weighted by molar-refractivity contribution is 6.04. The zero-order chi connectivity index (χ0) is 42.0. The zero-order valence-electron chi connectivity index (χ0n) is 34.8. The molecular weight excluding hydrogens is 759 g/mol. The summed E-state index contributed by atoms with van der Waals surface area (Å²) >= 11 is 0. The molecule has 0 saturated carbocycles. The predicted molar refractivity (Wildman–Crippen MR) is 267 cm³/mol. The Bertz CT molecular complexity index is 3280. The molecule has 0 aliphatic carbocycles. The van der Waals surface area contributed by atoms with E-state index in [1.165, 1.54) is 94.4 Å². The maximum Gasteiger partial charge on any atom is 0.0535 e. The third-order valence-corrected chi connectivity index (χ3v) is 12.2. The molecule has 296 valence electrons. The average molecular weight is 802 g/mol. The molecule has 0 radical (unpaired) electrons. The van der Waals surface area contributed by atoms with Crippen LogP contribution in [0.5, 0.6) is 0 Å². The molecule has 0 fully saturated rings. The molecule has 0 amide bonds. The van der Waals surface area contributed by atoms with E-state index in [4.69, 9.17) is 0 Å². The highest BCUT2D eigenvalue weighted by Gasteiger charge is 2.20. The third kappa shape index (κ3) is 7.47. The van der Waals surface area contributed by atoms with Gasteiger partial charge in [-0.2, -0.15) is 0 Å². The van der Waals surface area contributed by atoms with Crippen LogP contribution in [0.25, 0.3) is 106 Å². The second kappa shape index (κ2) is 16.7. The molecule has 0 bridgehead atoms. The van der Waals surface area contributed by atoms with Gasteiger partial charge in [0.2, 0.25) is 0 Å². The summed E-state index contributed by atoms with van der Waals surface area (Å²) in [5.74, 6) is 0. The molecule has 11 aromatic rings. The summed E-state index contributed by atoms with van der Waals surface area (Å²) in [6, 6.07) is 92.4. The molecule has 1 heterocycles. The fraction of sp³-hybridized carbons (Fsp3) is 0. The molecule has 0 aliphatic heterocycles. The lowest BCUT2D eigenvalue weighted by Crippen LogP contribution is -1.95. The average Bonchev–Trinajstić information content (AvgIpc) is 3.76. The molecule has 1 nitrogen and oxygen atoms in total. The van der Waals surface area contributed by atoms with E-state index >= 15 is 0 Å². The molecule has 0 spiro atoms. The Morgan fingerprint density at radius 2 is 0.587 bits per heavy atom. The molecule has 1 heteroatoms. The standard InChI is InChI=1S/C62H43N/c1-7-19-44(20-8-1)50-31-34-56(58(40-50)48-27-15-5-16-28-48)52-33-36-62-60(42-52)61(57-35-32-51(45-21-9-2-10-22-45)41-59(57)49-29-17-6-18-30-49)43-63(62)55-38-53(46-23-11-3-12-24-46)37-54(39-55)47-25-13-4-14-26-47/h1-43H. The predicted octanol–water partition coefficient (Wildman–Crippen LogP) is 17.0. The lowest BCUT2D eigenvalue weighted by molar-refractivity contribution is 1.13. The summed E-state index contributed by atoms with van der Waals surface area (Å²) in [6.07, 6.45) is 2.37. The monoisotopic (exact) mass is 801 g/mol. The summed E-state index contributed by atoms with van der Waals surface area (Å²) in [7, 11) is 0. The Hall–Kier alpha value is -8.26. The van der Waals surface area contributed by atoms with Gasteiger partial charge in [0.05, 0.1) is 5.52 Å². The normalized spacial score (nSPS) is 11.2. The van der Waals surface area contributed by atoms with Gasteiger partial charge in [0, 0.05) is 22.8 Å². The fourth-order valence-corrected chi connectivity index (χ4v) is 9.08. The third-order valence-electron chi connectivity index (χ3n) is 12.2. The second-order valence-electron chi connectivity index (χ2n) is 16.1. The topological polar surface area (TPSA) is 4.93 Å². The van der Waals surface area contributed by atoms with E-state index in [0.29, 0.717) is 0 Å². The van der Waals surface area contributed by atoms with Gasteiger partial charge in [0.25, 0.3) is 0 Å². The van der Waals surface area contributed by atoms with Crippen molar-refractivity contribution in [2.45, 2.75) is 0 Å². The number of hydrogen-bond donors (Lipinski definition) is 0. The van der Waals surface area contributed by atoms with Crippen LogP contribution in [0.2, 0.25) is 0 Å². The van der Waals surface area contributed by atoms with Crippen molar-refractivity contribution in [3.05, 3.63) is 261 Å². The Morgan fingerprint density at radius 1 is 0.206 bits per heavy atom. The van der Waals surface area contributed by atoms with Gasteiger partial charge in [-0.25, -0.2) is 0 Å². The molecule has 10 aromatic carbocycles. The van der Waals surface area contributed by atoms with Crippen molar-refractivity contribution in [3.63, 3.8) is 0 Å². The van der Waals surface area contributed by atoms with Crippen LogP contribution in [0.1, 0.15) is 0 Å². The summed E-state index contributed by atoms with van der Waals surface area (Å²) in [6.45, 7) is 0. The summed E-state index contributed by atoms with van der Waals surface area (Å²) in [5, 5.41) is 1.19. The minimum absolute atomic E-state index is 1.11. The Morgan fingerprint density at radius 3 is 1.05 bits per heavy atom. The van der Waals surface area contributed by atoms with Crippen molar-refractivity contribution in [1.82, 2.24) is 4.57 Å². The van der Waals surface area contributed by atoms with Crippen molar-refractivity contribution in [1.29, 1.82) is 0 Å². The molecular formula is C62H43N. The van der Waals surface area contributed by atoms with E-state index in [2.05, 4.69) is 266 Å². The largest absolute Gasteiger partial charge is 0.316 e. The second-order valence-corrected chi connectivity index (χ2v) is 16.1. The van der Waals surface area contributed by atoms with Crippen LogP contribution >= 0.6 is 0 Å². The van der Waals surface area contributed by atoms with E-state index in [-0.39, 0.29) is 0 Å². The van der Waals surface area contributed by atoms with E-state index < -0.39 is 0 Å².